The highest BCUT2D eigenvalue weighted by atomic mass is 32.2. The van der Waals surface area contributed by atoms with Crippen molar-refractivity contribution in [3.8, 4) is 0 Å². The van der Waals surface area contributed by atoms with E-state index in [9.17, 15) is 18.5 Å². The highest BCUT2D eigenvalue weighted by Gasteiger charge is 2.28. The molecule has 1 saturated carbocycles. The molecule has 164 valence electrons. The first-order valence-corrected chi connectivity index (χ1v) is 12.4. The Labute approximate surface area is 181 Å². The summed E-state index contributed by atoms with van der Waals surface area (Å²) >= 11 is 1.16. The third-order valence-corrected chi connectivity index (χ3v) is 8.52. The largest absolute Gasteiger partial charge is 0.303 e. The van der Waals surface area contributed by atoms with Crippen LogP contribution in [0.4, 0.5) is 5.69 Å². The van der Waals surface area contributed by atoms with Crippen molar-refractivity contribution in [1.82, 2.24) is 19.1 Å². The Hall–Kier alpha value is -1.98. The number of sulfonamides is 1. The lowest BCUT2D eigenvalue weighted by Gasteiger charge is -2.25. The molecule has 11 heteroatoms. The van der Waals surface area contributed by atoms with Crippen LogP contribution in [0.25, 0.3) is 0 Å². The molecule has 30 heavy (non-hydrogen) atoms. The SMILES string of the molecule is CCN(CC)S(=O)(=O)c1ccc(Sc2nnc(C)n2C2CCCCC2)c([N+](=O)[O-])c1. The molecule has 0 spiro atoms. The molecule has 9 nitrogen and oxygen atoms in total. The second kappa shape index (κ2) is 9.44. The van der Waals surface area contributed by atoms with Crippen LogP contribution in [0.15, 0.2) is 33.1 Å². The van der Waals surface area contributed by atoms with Crippen LogP contribution in [0.3, 0.4) is 0 Å². The zero-order valence-electron chi connectivity index (χ0n) is 17.4. The van der Waals surface area contributed by atoms with Gasteiger partial charge in [0.05, 0.1) is 14.7 Å². The summed E-state index contributed by atoms with van der Waals surface area (Å²) in [6.07, 6.45) is 5.58. The lowest BCUT2D eigenvalue weighted by molar-refractivity contribution is -0.388. The summed E-state index contributed by atoms with van der Waals surface area (Å²) in [6, 6.07) is 4.35. The van der Waals surface area contributed by atoms with Crippen LogP contribution in [0.1, 0.15) is 57.8 Å². The van der Waals surface area contributed by atoms with Crippen LogP contribution in [0, 0.1) is 17.0 Å². The molecular weight excluding hydrogens is 426 g/mol. The fourth-order valence-corrected chi connectivity index (χ4v) is 6.39. The molecule has 0 saturated heterocycles. The maximum atomic E-state index is 12.8. The molecule has 0 N–H and O–H groups in total. The van der Waals surface area contributed by atoms with Crippen molar-refractivity contribution in [2.45, 2.75) is 73.9 Å². The number of nitrogens with zero attached hydrogens (tertiary/aromatic N) is 5. The van der Waals surface area contributed by atoms with E-state index in [0.29, 0.717) is 23.1 Å². The number of rotatable bonds is 8. The number of nitro benzene ring substituents is 1. The number of benzene rings is 1. The summed E-state index contributed by atoms with van der Waals surface area (Å²) in [5.41, 5.74) is -0.246. The third kappa shape index (κ3) is 4.52. The minimum absolute atomic E-state index is 0.0767. The smallest absolute Gasteiger partial charge is 0.284 e. The molecule has 0 bridgehead atoms. The van der Waals surface area contributed by atoms with Gasteiger partial charge in [-0.1, -0.05) is 33.1 Å². The first-order valence-electron chi connectivity index (χ1n) is 10.2. The van der Waals surface area contributed by atoms with Gasteiger partial charge in [-0.05, 0) is 43.7 Å². The average Bonchev–Trinajstić information content (AvgIpc) is 3.09. The van der Waals surface area contributed by atoms with Crippen LogP contribution in [0.5, 0.6) is 0 Å². The van der Waals surface area contributed by atoms with Crippen molar-refractivity contribution in [2.24, 2.45) is 0 Å². The molecule has 0 aliphatic heterocycles. The summed E-state index contributed by atoms with van der Waals surface area (Å²) < 4.78 is 28.9. The zero-order chi connectivity index (χ0) is 21.9. The first-order chi connectivity index (χ1) is 14.3. The van der Waals surface area contributed by atoms with Gasteiger partial charge in [0.15, 0.2) is 5.16 Å². The van der Waals surface area contributed by atoms with E-state index in [-0.39, 0.29) is 16.6 Å². The Balaban J connectivity index is 1.97. The molecule has 1 fully saturated rings. The van der Waals surface area contributed by atoms with E-state index in [1.54, 1.807) is 13.8 Å². The van der Waals surface area contributed by atoms with Gasteiger partial charge in [0.1, 0.15) is 5.82 Å². The molecule has 0 atom stereocenters. The van der Waals surface area contributed by atoms with Crippen LogP contribution in [0.2, 0.25) is 0 Å². The van der Waals surface area contributed by atoms with E-state index >= 15 is 0 Å². The second-order valence-electron chi connectivity index (χ2n) is 7.27. The lowest BCUT2D eigenvalue weighted by Crippen LogP contribution is -2.30. The average molecular weight is 454 g/mol. The molecular formula is C19H27N5O4S2. The van der Waals surface area contributed by atoms with Gasteiger partial charge in [-0.25, -0.2) is 8.42 Å². The molecule has 1 aliphatic rings. The van der Waals surface area contributed by atoms with E-state index in [4.69, 9.17) is 0 Å². The first kappa shape index (κ1) is 22.7. The maximum Gasteiger partial charge on any atom is 0.284 e. The Kier molecular flexibility index (Phi) is 7.14. The molecule has 0 unspecified atom stereocenters. The fraction of sp³-hybridized carbons (Fsp3) is 0.579. The van der Waals surface area contributed by atoms with E-state index < -0.39 is 14.9 Å². The predicted molar refractivity (Wildman–Crippen MR) is 114 cm³/mol. The van der Waals surface area contributed by atoms with Gasteiger partial charge >= 0.3 is 0 Å². The van der Waals surface area contributed by atoms with E-state index in [1.165, 1.54) is 22.9 Å². The molecule has 0 amide bonds. The lowest BCUT2D eigenvalue weighted by atomic mass is 9.95. The number of hydrogen-bond acceptors (Lipinski definition) is 7. The number of nitro groups is 1. The highest BCUT2D eigenvalue weighted by molar-refractivity contribution is 7.99. The van der Waals surface area contributed by atoms with E-state index in [0.717, 1.165) is 49.3 Å². The van der Waals surface area contributed by atoms with Crippen molar-refractivity contribution in [3.05, 3.63) is 34.1 Å². The second-order valence-corrected chi connectivity index (χ2v) is 10.2. The summed E-state index contributed by atoms with van der Waals surface area (Å²) in [7, 11) is -3.78. The monoisotopic (exact) mass is 453 g/mol. The Bertz CT molecular complexity index is 1010. The topological polar surface area (TPSA) is 111 Å². The molecule has 1 aromatic heterocycles. The van der Waals surface area contributed by atoms with Gasteiger partial charge < -0.3 is 4.57 Å². The van der Waals surface area contributed by atoms with Gasteiger partial charge in [0.25, 0.3) is 5.69 Å². The van der Waals surface area contributed by atoms with Crippen molar-refractivity contribution >= 4 is 27.5 Å². The van der Waals surface area contributed by atoms with Crippen molar-refractivity contribution in [1.29, 1.82) is 0 Å². The standard InChI is InChI=1S/C19H27N5O4S2/c1-4-22(5-2)30(27,28)16-11-12-18(17(13-16)24(25)26)29-19-21-20-14(3)23(19)15-9-7-6-8-10-15/h11-13,15H,4-10H2,1-3H3. The normalized spacial score (nSPS) is 15.6. The van der Waals surface area contributed by atoms with Crippen molar-refractivity contribution in [2.75, 3.05) is 13.1 Å². The minimum atomic E-state index is -3.78. The number of aromatic nitrogens is 3. The van der Waals surface area contributed by atoms with E-state index in [1.807, 2.05) is 6.92 Å². The fourth-order valence-electron chi connectivity index (χ4n) is 3.88. The van der Waals surface area contributed by atoms with Gasteiger partial charge in [-0.15, -0.1) is 10.2 Å². The highest BCUT2D eigenvalue weighted by Crippen LogP contribution is 2.39. The molecule has 1 aliphatic carbocycles. The van der Waals surface area contributed by atoms with Crippen LogP contribution >= 0.6 is 11.8 Å². The van der Waals surface area contributed by atoms with Gasteiger partial charge in [0, 0.05) is 25.2 Å². The molecule has 0 radical (unpaired) electrons. The summed E-state index contributed by atoms with van der Waals surface area (Å²) in [5, 5.41) is 20.8. The number of aryl methyl sites for hydroxylation is 1. The zero-order valence-corrected chi connectivity index (χ0v) is 19.1. The predicted octanol–water partition coefficient (Wildman–Crippen LogP) is 4.18. The van der Waals surface area contributed by atoms with Gasteiger partial charge in [0.2, 0.25) is 10.0 Å². The summed E-state index contributed by atoms with van der Waals surface area (Å²) in [5.74, 6) is 0.785. The quantitative estimate of drug-likeness (QED) is 0.435. The van der Waals surface area contributed by atoms with Crippen molar-refractivity contribution < 1.29 is 13.3 Å². The molecule has 2 aromatic rings. The number of hydrogen-bond donors (Lipinski definition) is 0. The van der Waals surface area contributed by atoms with Crippen molar-refractivity contribution in [3.63, 3.8) is 0 Å². The third-order valence-electron chi connectivity index (χ3n) is 5.45. The summed E-state index contributed by atoms with van der Waals surface area (Å²) in [6.45, 7) is 5.96. The Morgan fingerprint density at radius 1 is 1.20 bits per heavy atom. The maximum absolute atomic E-state index is 12.8. The van der Waals surface area contributed by atoms with E-state index in [2.05, 4.69) is 14.8 Å². The van der Waals surface area contributed by atoms with Gasteiger partial charge in [-0.3, -0.25) is 10.1 Å². The Morgan fingerprint density at radius 2 is 1.87 bits per heavy atom. The Morgan fingerprint density at radius 3 is 2.47 bits per heavy atom. The molecule has 1 aromatic carbocycles. The van der Waals surface area contributed by atoms with Crippen LogP contribution < -0.4 is 0 Å². The summed E-state index contributed by atoms with van der Waals surface area (Å²) in [4.78, 5) is 11.5. The minimum Gasteiger partial charge on any atom is -0.303 e. The molecule has 1 heterocycles. The van der Waals surface area contributed by atoms with Crippen LogP contribution in [-0.4, -0.2) is 45.5 Å². The van der Waals surface area contributed by atoms with Crippen LogP contribution in [-0.2, 0) is 10.0 Å². The molecule has 3 rings (SSSR count). The van der Waals surface area contributed by atoms with Gasteiger partial charge in [-0.2, -0.15) is 4.31 Å².